The van der Waals surface area contributed by atoms with Gasteiger partial charge in [0.15, 0.2) is 0 Å². The van der Waals surface area contributed by atoms with Gasteiger partial charge in [0.05, 0.1) is 6.54 Å². The van der Waals surface area contributed by atoms with Crippen molar-refractivity contribution in [1.82, 2.24) is 4.90 Å². The van der Waals surface area contributed by atoms with Crippen LogP contribution in [-0.2, 0) is 0 Å². The van der Waals surface area contributed by atoms with Gasteiger partial charge in [0.25, 0.3) is 5.91 Å². The summed E-state index contributed by atoms with van der Waals surface area (Å²) >= 11 is 1.43. The molecule has 0 aliphatic carbocycles. The lowest BCUT2D eigenvalue weighted by atomic mass is 9.95. The maximum atomic E-state index is 12.6. The quantitative estimate of drug-likeness (QED) is 0.825. The number of rotatable bonds is 3. The van der Waals surface area contributed by atoms with Crippen LogP contribution in [0.3, 0.4) is 0 Å². The van der Waals surface area contributed by atoms with Crippen LogP contribution in [0.2, 0.25) is 0 Å². The van der Waals surface area contributed by atoms with Crippen LogP contribution in [0.5, 0.6) is 0 Å². The van der Waals surface area contributed by atoms with Crippen LogP contribution < -0.4 is 5.73 Å². The Hall–Kier alpha value is -1.35. The second-order valence-electron chi connectivity index (χ2n) is 4.94. The monoisotopic (exact) mass is 292 g/mol. The zero-order valence-corrected chi connectivity index (χ0v) is 12.3. The van der Waals surface area contributed by atoms with E-state index < -0.39 is 0 Å². The molecule has 1 fully saturated rings. The van der Waals surface area contributed by atoms with Gasteiger partial charge >= 0.3 is 0 Å². The minimum atomic E-state index is 0.0592. The number of carbonyl (C=O) groups excluding carboxylic acids is 1. The van der Waals surface area contributed by atoms with Crippen molar-refractivity contribution in [2.75, 3.05) is 26.2 Å². The van der Waals surface area contributed by atoms with Crippen LogP contribution in [0.1, 0.15) is 34.5 Å². The van der Waals surface area contributed by atoms with Gasteiger partial charge in [-0.1, -0.05) is 11.8 Å². The molecule has 1 atom stereocenters. The van der Waals surface area contributed by atoms with Gasteiger partial charge in [-0.05, 0) is 36.6 Å². The third kappa shape index (κ3) is 3.60. The van der Waals surface area contributed by atoms with E-state index in [1.165, 1.54) is 11.3 Å². The summed E-state index contributed by atoms with van der Waals surface area (Å²) in [7, 11) is 0. The molecule has 3 N–H and O–H groups in total. The summed E-state index contributed by atoms with van der Waals surface area (Å²) in [5.41, 5.74) is 6.15. The molecule has 1 unspecified atom stereocenters. The molecule has 1 aromatic heterocycles. The molecule has 0 radical (unpaired) electrons. The first kappa shape index (κ1) is 15.0. The predicted octanol–water partition coefficient (Wildman–Crippen LogP) is 1.29. The topological polar surface area (TPSA) is 66.6 Å². The fourth-order valence-corrected chi connectivity index (χ4v) is 3.35. The Labute approximate surface area is 123 Å². The molecule has 5 heteroatoms. The number of hydrogen-bond donors (Lipinski definition) is 2. The second-order valence-corrected chi connectivity index (χ2v) is 5.86. The van der Waals surface area contributed by atoms with Crippen molar-refractivity contribution in [1.29, 1.82) is 0 Å². The van der Waals surface area contributed by atoms with Gasteiger partial charge < -0.3 is 15.7 Å². The number of aliphatic hydroxyl groups is 1. The van der Waals surface area contributed by atoms with Crippen LogP contribution in [0.15, 0.2) is 11.4 Å². The standard InChI is InChI=1S/C15H20N2O2S/c16-7-1-4-13-6-10-20-14(13)15(19)17-8-2-3-12(11-17)5-9-18/h6,10,12,18H,2-3,5,7-9,11,16H2. The fraction of sp³-hybridized carbons (Fsp3) is 0.533. The van der Waals surface area contributed by atoms with E-state index in [4.69, 9.17) is 10.8 Å². The number of nitrogens with zero attached hydrogens (tertiary/aromatic N) is 1. The average molecular weight is 292 g/mol. The van der Waals surface area contributed by atoms with Crippen LogP contribution in [0, 0.1) is 17.8 Å². The Morgan fingerprint density at radius 3 is 3.20 bits per heavy atom. The molecular formula is C15H20N2O2S. The molecular weight excluding hydrogens is 272 g/mol. The predicted molar refractivity (Wildman–Crippen MR) is 80.6 cm³/mol. The number of thiophene rings is 1. The molecule has 0 aromatic carbocycles. The number of likely N-dealkylation sites (tertiary alicyclic amines) is 1. The van der Waals surface area contributed by atoms with E-state index in [0.717, 1.165) is 37.9 Å². The highest BCUT2D eigenvalue weighted by Gasteiger charge is 2.25. The summed E-state index contributed by atoms with van der Waals surface area (Å²) < 4.78 is 0. The van der Waals surface area contributed by atoms with Gasteiger partial charge in [0.2, 0.25) is 0 Å². The lowest BCUT2D eigenvalue weighted by Gasteiger charge is -2.32. The molecule has 0 spiro atoms. The number of piperidine rings is 1. The Kier molecular flexibility index (Phi) is 5.60. The summed E-state index contributed by atoms with van der Waals surface area (Å²) in [4.78, 5) is 15.2. The van der Waals surface area contributed by atoms with Crippen LogP contribution in [0.4, 0.5) is 0 Å². The molecule has 1 aromatic rings. The van der Waals surface area contributed by atoms with Crippen LogP contribution in [-0.4, -0.2) is 42.2 Å². The van der Waals surface area contributed by atoms with Gasteiger partial charge in [0.1, 0.15) is 4.88 Å². The molecule has 2 heterocycles. The first-order chi connectivity index (χ1) is 9.76. The highest BCUT2D eigenvalue weighted by molar-refractivity contribution is 7.12. The third-order valence-electron chi connectivity index (χ3n) is 3.53. The lowest BCUT2D eigenvalue weighted by molar-refractivity contribution is 0.0658. The molecule has 20 heavy (non-hydrogen) atoms. The Balaban J connectivity index is 2.09. The van der Waals surface area contributed by atoms with Crippen LogP contribution in [0.25, 0.3) is 0 Å². The van der Waals surface area contributed by atoms with Crippen molar-refractivity contribution < 1.29 is 9.90 Å². The summed E-state index contributed by atoms with van der Waals surface area (Å²) in [5.74, 6) is 6.23. The first-order valence-corrected chi connectivity index (χ1v) is 7.80. The van der Waals surface area contributed by atoms with E-state index in [1.54, 1.807) is 0 Å². The molecule has 4 nitrogen and oxygen atoms in total. The smallest absolute Gasteiger partial charge is 0.265 e. The molecule has 108 valence electrons. The van der Waals surface area contributed by atoms with Gasteiger partial charge in [-0.25, -0.2) is 0 Å². The average Bonchev–Trinajstić information content (AvgIpc) is 2.93. The van der Waals surface area contributed by atoms with Gasteiger partial charge in [-0.2, -0.15) is 0 Å². The molecule has 1 saturated heterocycles. The Bertz CT molecular complexity index is 513. The van der Waals surface area contributed by atoms with Crippen molar-refractivity contribution in [2.45, 2.75) is 19.3 Å². The maximum Gasteiger partial charge on any atom is 0.265 e. The van der Waals surface area contributed by atoms with Crippen LogP contribution >= 0.6 is 11.3 Å². The number of hydrogen-bond acceptors (Lipinski definition) is 4. The van der Waals surface area contributed by atoms with E-state index in [2.05, 4.69) is 11.8 Å². The maximum absolute atomic E-state index is 12.6. The van der Waals surface area contributed by atoms with Crippen molar-refractivity contribution in [3.63, 3.8) is 0 Å². The number of aliphatic hydroxyl groups excluding tert-OH is 1. The number of amides is 1. The minimum Gasteiger partial charge on any atom is -0.396 e. The normalized spacial score (nSPS) is 18.5. The Morgan fingerprint density at radius 2 is 2.45 bits per heavy atom. The van der Waals surface area contributed by atoms with E-state index in [1.807, 2.05) is 16.3 Å². The molecule has 0 saturated carbocycles. The third-order valence-corrected chi connectivity index (χ3v) is 4.43. The van der Waals surface area contributed by atoms with Crippen molar-refractivity contribution in [2.24, 2.45) is 11.7 Å². The van der Waals surface area contributed by atoms with Crippen molar-refractivity contribution >= 4 is 17.2 Å². The first-order valence-electron chi connectivity index (χ1n) is 6.92. The largest absolute Gasteiger partial charge is 0.396 e. The summed E-state index contributed by atoms with van der Waals surface area (Å²) in [5, 5.41) is 10.9. The highest BCUT2D eigenvalue weighted by Crippen LogP contribution is 2.24. The second kappa shape index (κ2) is 7.44. The van der Waals surface area contributed by atoms with Gasteiger partial charge in [-0.15, -0.1) is 11.3 Å². The summed E-state index contributed by atoms with van der Waals surface area (Å²) in [6.45, 7) is 2.02. The SMILES string of the molecule is NCC#Cc1ccsc1C(=O)N1CCCC(CCO)C1. The Morgan fingerprint density at radius 1 is 1.60 bits per heavy atom. The van der Waals surface area contributed by atoms with Crippen molar-refractivity contribution in [3.05, 3.63) is 21.9 Å². The van der Waals surface area contributed by atoms with E-state index >= 15 is 0 Å². The number of carbonyl (C=O) groups is 1. The van der Waals surface area contributed by atoms with E-state index in [9.17, 15) is 4.79 Å². The molecule has 1 aliphatic heterocycles. The molecule has 1 amide bonds. The van der Waals surface area contributed by atoms with E-state index in [0.29, 0.717) is 17.3 Å². The van der Waals surface area contributed by atoms with E-state index in [-0.39, 0.29) is 12.5 Å². The zero-order chi connectivity index (χ0) is 14.4. The summed E-state index contributed by atoms with van der Waals surface area (Å²) in [6.07, 6.45) is 2.87. The highest BCUT2D eigenvalue weighted by atomic mass is 32.1. The molecule has 2 rings (SSSR count). The van der Waals surface area contributed by atoms with Gasteiger partial charge in [-0.3, -0.25) is 4.79 Å². The zero-order valence-electron chi connectivity index (χ0n) is 11.5. The fourth-order valence-electron chi connectivity index (χ4n) is 2.53. The lowest BCUT2D eigenvalue weighted by Crippen LogP contribution is -2.40. The number of nitrogens with two attached hydrogens (primary N) is 1. The minimum absolute atomic E-state index is 0.0592. The van der Waals surface area contributed by atoms with Crippen molar-refractivity contribution in [3.8, 4) is 11.8 Å². The molecule has 0 bridgehead atoms. The molecule has 1 aliphatic rings. The summed E-state index contributed by atoms with van der Waals surface area (Å²) in [6, 6.07) is 1.87. The van der Waals surface area contributed by atoms with Gasteiger partial charge in [0, 0.05) is 25.3 Å².